The molecule has 2 fully saturated rings. The minimum Gasteiger partial charge on any atom is -0.357 e. The summed E-state index contributed by atoms with van der Waals surface area (Å²) in [4.78, 5) is 19.5. The molecule has 25 heavy (non-hydrogen) atoms. The first-order valence-electron chi connectivity index (χ1n) is 9.83. The highest BCUT2D eigenvalue weighted by molar-refractivity contribution is 5.80. The monoisotopic (exact) mass is 344 g/mol. The maximum Gasteiger partial charge on any atom is 0.225 e. The zero-order chi connectivity index (χ0) is 17.7. The van der Waals surface area contributed by atoms with Crippen molar-refractivity contribution in [3.05, 3.63) is 23.9 Å². The quantitative estimate of drug-likeness (QED) is 0.881. The van der Waals surface area contributed by atoms with Crippen LogP contribution in [-0.4, -0.2) is 29.5 Å². The Balaban J connectivity index is 1.59. The molecule has 5 nitrogen and oxygen atoms in total. The van der Waals surface area contributed by atoms with Gasteiger partial charge in [0.1, 0.15) is 5.82 Å². The molecule has 1 saturated heterocycles. The van der Waals surface area contributed by atoms with Crippen LogP contribution in [0.4, 0.5) is 5.82 Å². The number of rotatable bonds is 4. The van der Waals surface area contributed by atoms with Gasteiger partial charge in [0.25, 0.3) is 0 Å². The number of amides is 1. The summed E-state index contributed by atoms with van der Waals surface area (Å²) in [5.41, 5.74) is 7.08. The van der Waals surface area contributed by atoms with Crippen molar-refractivity contribution in [2.75, 3.05) is 18.0 Å². The predicted molar refractivity (Wildman–Crippen MR) is 101 cm³/mol. The predicted octanol–water partition coefficient (Wildman–Crippen LogP) is 2.99. The van der Waals surface area contributed by atoms with Crippen molar-refractivity contribution in [1.29, 1.82) is 0 Å². The van der Waals surface area contributed by atoms with Gasteiger partial charge in [-0.3, -0.25) is 4.79 Å². The molecule has 1 saturated carbocycles. The van der Waals surface area contributed by atoms with Crippen LogP contribution in [-0.2, 0) is 11.3 Å². The Morgan fingerprint density at radius 1 is 1.28 bits per heavy atom. The van der Waals surface area contributed by atoms with E-state index in [4.69, 9.17) is 5.73 Å². The van der Waals surface area contributed by atoms with Gasteiger partial charge < -0.3 is 16.0 Å². The molecular weight excluding hydrogens is 312 g/mol. The Morgan fingerprint density at radius 3 is 2.76 bits per heavy atom. The average molecular weight is 345 g/mol. The van der Waals surface area contributed by atoms with E-state index in [1.165, 1.54) is 25.7 Å². The lowest BCUT2D eigenvalue weighted by molar-refractivity contribution is -0.128. The van der Waals surface area contributed by atoms with Gasteiger partial charge in [0, 0.05) is 31.4 Å². The molecule has 138 valence electrons. The van der Waals surface area contributed by atoms with Gasteiger partial charge >= 0.3 is 0 Å². The Labute approximate surface area is 151 Å². The fourth-order valence-corrected chi connectivity index (χ4v) is 4.14. The van der Waals surface area contributed by atoms with Crippen molar-refractivity contribution in [2.45, 2.75) is 70.4 Å². The number of anilines is 1. The highest BCUT2D eigenvalue weighted by Crippen LogP contribution is 2.31. The SMILES string of the molecule is CC1(N)CCCCC1C(=O)NCc1ccnc(N2CCCCCC2)c1. The van der Waals surface area contributed by atoms with Gasteiger partial charge in [-0.1, -0.05) is 25.7 Å². The van der Waals surface area contributed by atoms with Crippen molar-refractivity contribution in [3.8, 4) is 0 Å². The van der Waals surface area contributed by atoms with E-state index >= 15 is 0 Å². The topological polar surface area (TPSA) is 71.2 Å². The number of nitrogens with two attached hydrogens (primary N) is 1. The van der Waals surface area contributed by atoms with Crippen LogP contribution >= 0.6 is 0 Å². The third kappa shape index (κ3) is 4.72. The van der Waals surface area contributed by atoms with Crippen LogP contribution in [0.1, 0.15) is 63.9 Å². The Morgan fingerprint density at radius 2 is 2.04 bits per heavy atom. The van der Waals surface area contributed by atoms with E-state index in [-0.39, 0.29) is 17.4 Å². The Kier molecular flexibility index (Phi) is 5.94. The van der Waals surface area contributed by atoms with E-state index in [1.807, 2.05) is 19.2 Å². The highest BCUT2D eigenvalue weighted by atomic mass is 16.1. The largest absolute Gasteiger partial charge is 0.357 e. The second-order valence-electron chi connectivity index (χ2n) is 7.95. The van der Waals surface area contributed by atoms with Gasteiger partial charge in [-0.15, -0.1) is 0 Å². The van der Waals surface area contributed by atoms with E-state index in [1.54, 1.807) is 0 Å². The Bertz CT molecular complexity index is 579. The van der Waals surface area contributed by atoms with Crippen molar-refractivity contribution in [1.82, 2.24) is 10.3 Å². The molecule has 0 aromatic carbocycles. The molecule has 0 bridgehead atoms. The summed E-state index contributed by atoms with van der Waals surface area (Å²) < 4.78 is 0. The maximum atomic E-state index is 12.6. The van der Waals surface area contributed by atoms with Gasteiger partial charge in [-0.05, 0) is 50.3 Å². The molecule has 2 heterocycles. The van der Waals surface area contributed by atoms with Gasteiger partial charge in [-0.2, -0.15) is 0 Å². The highest BCUT2D eigenvalue weighted by Gasteiger charge is 2.37. The molecule has 1 amide bonds. The van der Waals surface area contributed by atoms with Crippen LogP contribution in [0, 0.1) is 5.92 Å². The van der Waals surface area contributed by atoms with Gasteiger partial charge in [-0.25, -0.2) is 4.98 Å². The van der Waals surface area contributed by atoms with E-state index in [0.717, 1.165) is 50.2 Å². The number of nitrogens with one attached hydrogen (secondary N) is 1. The van der Waals surface area contributed by atoms with Gasteiger partial charge in [0.2, 0.25) is 5.91 Å². The van der Waals surface area contributed by atoms with Crippen molar-refractivity contribution in [3.63, 3.8) is 0 Å². The van der Waals surface area contributed by atoms with Crippen molar-refractivity contribution < 1.29 is 4.79 Å². The number of carbonyl (C=O) groups excluding carboxylic acids is 1. The van der Waals surface area contributed by atoms with E-state index < -0.39 is 0 Å². The molecule has 2 atom stereocenters. The summed E-state index contributed by atoms with van der Waals surface area (Å²) in [7, 11) is 0. The van der Waals surface area contributed by atoms with Crippen LogP contribution in [0.25, 0.3) is 0 Å². The number of hydrogen-bond donors (Lipinski definition) is 2. The molecule has 1 aliphatic carbocycles. The zero-order valence-electron chi connectivity index (χ0n) is 15.5. The molecule has 0 spiro atoms. The summed E-state index contributed by atoms with van der Waals surface area (Å²) >= 11 is 0. The van der Waals surface area contributed by atoms with Crippen LogP contribution < -0.4 is 16.0 Å². The minimum absolute atomic E-state index is 0.0758. The molecule has 5 heteroatoms. The number of aromatic nitrogens is 1. The van der Waals surface area contributed by atoms with Crippen LogP contribution in [0.15, 0.2) is 18.3 Å². The summed E-state index contributed by atoms with van der Waals surface area (Å²) in [6.45, 7) is 4.72. The van der Waals surface area contributed by atoms with Gasteiger partial charge in [0.15, 0.2) is 0 Å². The second kappa shape index (κ2) is 8.17. The average Bonchev–Trinajstić information content (AvgIpc) is 2.89. The maximum absolute atomic E-state index is 12.6. The Hall–Kier alpha value is -1.62. The minimum atomic E-state index is -0.377. The molecule has 2 unspecified atom stereocenters. The summed E-state index contributed by atoms with van der Waals surface area (Å²) in [5.74, 6) is 1.06. The molecular formula is C20H32N4O. The van der Waals surface area contributed by atoms with E-state index in [0.29, 0.717) is 6.54 Å². The van der Waals surface area contributed by atoms with E-state index in [9.17, 15) is 4.79 Å². The number of hydrogen-bond acceptors (Lipinski definition) is 4. The third-order valence-electron chi connectivity index (χ3n) is 5.78. The van der Waals surface area contributed by atoms with Crippen LogP contribution in [0.3, 0.4) is 0 Å². The fraction of sp³-hybridized carbons (Fsp3) is 0.700. The smallest absolute Gasteiger partial charge is 0.225 e. The molecule has 1 aromatic heterocycles. The molecule has 1 aromatic rings. The number of nitrogens with zero attached hydrogens (tertiary/aromatic N) is 2. The zero-order valence-corrected chi connectivity index (χ0v) is 15.5. The summed E-state index contributed by atoms with van der Waals surface area (Å²) in [6, 6.07) is 4.11. The van der Waals surface area contributed by atoms with Crippen molar-refractivity contribution >= 4 is 11.7 Å². The van der Waals surface area contributed by atoms with Crippen LogP contribution in [0.2, 0.25) is 0 Å². The summed E-state index contributed by atoms with van der Waals surface area (Å²) in [5, 5.41) is 3.10. The molecule has 3 N–H and O–H groups in total. The van der Waals surface area contributed by atoms with Crippen LogP contribution in [0.5, 0.6) is 0 Å². The first-order chi connectivity index (χ1) is 12.1. The third-order valence-corrected chi connectivity index (χ3v) is 5.78. The molecule has 0 radical (unpaired) electrons. The first-order valence-corrected chi connectivity index (χ1v) is 9.83. The van der Waals surface area contributed by atoms with Gasteiger partial charge in [0.05, 0.1) is 5.92 Å². The molecule has 3 rings (SSSR count). The standard InChI is InChI=1S/C20H32N4O/c1-20(21)10-5-4-8-17(20)19(25)23-15-16-9-11-22-18(14-16)24-12-6-2-3-7-13-24/h9,11,14,17H,2-8,10,12-13,15,21H2,1H3,(H,23,25). The normalized spacial score (nSPS) is 27.6. The molecule has 2 aliphatic rings. The lowest BCUT2D eigenvalue weighted by Crippen LogP contribution is -2.52. The fourth-order valence-electron chi connectivity index (χ4n) is 4.14. The number of pyridine rings is 1. The lowest BCUT2D eigenvalue weighted by atomic mass is 9.74. The first kappa shape index (κ1) is 18.2. The molecule has 1 aliphatic heterocycles. The lowest BCUT2D eigenvalue weighted by Gasteiger charge is -2.37. The van der Waals surface area contributed by atoms with Crippen molar-refractivity contribution in [2.24, 2.45) is 11.7 Å². The second-order valence-corrected chi connectivity index (χ2v) is 7.95. The summed E-state index contributed by atoms with van der Waals surface area (Å²) in [6.07, 6.45) is 11.0. The number of carbonyl (C=O) groups is 1. The van der Waals surface area contributed by atoms with E-state index in [2.05, 4.69) is 21.3 Å².